The number of hydrogen-bond acceptors (Lipinski definition) is 5. The van der Waals surface area contributed by atoms with Gasteiger partial charge in [-0.1, -0.05) is 63.2 Å². The lowest BCUT2D eigenvalue weighted by atomic mass is 9.84. The largest absolute Gasteiger partial charge is 0.508 e. The van der Waals surface area contributed by atoms with Crippen molar-refractivity contribution in [2.24, 2.45) is 11.5 Å². The first kappa shape index (κ1) is 25.9. The van der Waals surface area contributed by atoms with Crippen molar-refractivity contribution < 1.29 is 19.5 Å². The molecule has 0 fully saturated rings. The summed E-state index contributed by atoms with van der Waals surface area (Å²) in [6.07, 6.45) is 0.487. The first-order chi connectivity index (χ1) is 15.4. The predicted molar refractivity (Wildman–Crippen MR) is 127 cm³/mol. The molecule has 178 valence electrons. The van der Waals surface area contributed by atoms with Crippen molar-refractivity contribution in [2.45, 2.75) is 64.1 Å². The van der Waals surface area contributed by atoms with E-state index in [1.807, 2.05) is 51.1 Å². The van der Waals surface area contributed by atoms with Gasteiger partial charge in [0.05, 0.1) is 6.04 Å². The molecule has 0 aromatic heterocycles. The van der Waals surface area contributed by atoms with E-state index < -0.39 is 35.8 Å². The minimum absolute atomic E-state index is 0.151. The highest BCUT2D eigenvalue weighted by molar-refractivity contribution is 5.92. The van der Waals surface area contributed by atoms with Gasteiger partial charge >= 0.3 is 0 Å². The highest BCUT2D eigenvalue weighted by Gasteiger charge is 2.26. The summed E-state index contributed by atoms with van der Waals surface area (Å²) < 4.78 is 0. The molecule has 8 nitrogen and oxygen atoms in total. The first-order valence-corrected chi connectivity index (χ1v) is 10.9. The Kier molecular flexibility index (Phi) is 8.59. The van der Waals surface area contributed by atoms with E-state index in [9.17, 15) is 19.5 Å². The number of rotatable bonds is 9. The molecule has 3 amide bonds. The maximum atomic E-state index is 12.6. The normalized spacial score (nSPS) is 14.1. The van der Waals surface area contributed by atoms with Crippen molar-refractivity contribution in [2.75, 3.05) is 0 Å². The quantitative estimate of drug-likeness (QED) is 0.387. The summed E-state index contributed by atoms with van der Waals surface area (Å²) in [6.45, 7) is 7.41. The number of hydrogen-bond donors (Lipinski definition) is 5. The Morgan fingerprint density at radius 1 is 0.939 bits per heavy atom. The lowest BCUT2D eigenvalue weighted by molar-refractivity contribution is -0.131. The van der Waals surface area contributed by atoms with E-state index in [1.165, 1.54) is 6.92 Å². The molecule has 33 heavy (non-hydrogen) atoms. The third-order valence-electron chi connectivity index (χ3n) is 5.36. The Balaban J connectivity index is 2.00. The van der Waals surface area contributed by atoms with Crippen LogP contribution in [0.25, 0.3) is 0 Å². The number of carbonyl (C=O) groups excluding carboxylic acids is 3. The van der Waals surface area contributed by atoms with Crippen LogP contribution in [0.5, 0.6) is 5.75 Å². The number of nitrogens with one attached hydrogen (secondary N) is 2. The number of primary amides is 1. The van der Waals surface area contributed by atoms with Crippen LogP contribution in [0.15, 0.2) is 48.5 Å². The Hall–Kier alpha value is -3.39. The summed E-state index contributed by atoms with van der Waals surface area (Å²) in [4.78, 5) is 37.0. The minimum Gasteiger partial charge on any atom is -0.508 e. The van der Waals surface area contributed by atoms with E-state index in [1.54, 1.807) is 18.2 Å². The molecule has 3 atom stereocenters. The van der Waals surface area contributed by atoms with Crippen LogP contribution in [0.3, 0.4) is 0 Å². The number of phenolic OH excluding ortho intramolecular Hbond substituents is 1. The predicted octanol–water partition coefficient (Wildman–Crippen LogP) is 1.28. The van der Waals surface area contributed by atoms with Crippen LogP contribution in [-0.4, -0.2) is 41.0 Å². The molecule has 0 heterocycles. The molecule has 0 saturated heterocycles. The fourth-order valence-electron chi connectivity index (χ4n) is 3.41. The van der Waals surface area contributed by atoms with Crippen molar-refractivity contribution in [3.63, 3.8) is 0 Å². The van der Waals surface area contributed by atoms with Crippen LogP contribution in [0.2, 0.25) is 0 Å². The standard InChI is InChI=1S/C25H34N4O4/c1-15(28-24(33)19(26)13-16-8-6-5-7-9-16)23(32)29-20(22(27)31)14-17-10-11-21(30)18(12-17)25(2,3)4/h5-12,15,19-20,30H,13-14,26H2,1-4H3,(H2,27,31)(H,28,33)(H,29,32)/t15-,19-,20-/m0/s1. The molecular formula is C25H34N4O4. The van der Waals surface area contributed by atoms with Crippen LogP contribution in [0.1, 0.15) is 44.4 Å². The lowest BCUT2D eigenvalue weighted by Gasteiger charge is -2.23. The van der Waals surface area contributed by atoms with Gasteiger partial charge in [0.1, 0.15) is 17.8 Å². The molecule has 0 bridgehead atoms. The summed E-state index contributed by atoms with van der Waals surface area (Å²) in [7, 11) is 0. The molecule has 0 spiro atoms. The second kappa shape index (κ2) is 11.0. The van der Waals surface area contributed by atoms with E-state index in [0.717, 1.165) is 16.7 Å². The number of phenols is 1. The van der Waals surface area contributed by atoms with Crippen molar-refractivity contribution in [1.29, 1.82) is 0 Å². The molecule has 0 unspecified atom stereocenters. The van der Waals surface area contributed by atoms with E-state index >= 15 is 0 Å². The Labute approximate surface area is 194 Å². The second-order valence-electron chi connectivity index (χ2n) is 9.30. The molecule has 0 radical (unpaired) electrons. The van der Waals surface area contributed by atoms with Crippen molar-refractivity contribution in [3.8, 4) is 5.75 Å². The average molecular weight is 455 g/mol. The SMILES string of the molecule is C[C@H](NC(=O)[C@@H](N)Cc1ccccc1)C(=O)N[C@@H](Cc1ccc(O)c(C(C)(C)C)c1)C(N)=O. The van der Waals surface area contributed by atoms with Crippen molar-refractivity contribution >= 4 is 17.7 Å². The molecule has 7 N–H and O–H groups in total. The fourth-order valence-corrected chi connectivity index (χ4v) is 3.41. The zero-order valence-corrected chi connectivity index (χ0v) is 19.6. The number of carbonyl (C=O) groups is 3. The van der Waals surface area contributed by atoms with E-state index in [-0.39, 0.29) is 17.6 Å². The summed E-state index contributed by atoms with van der Waals surface area (Å²) in [6, 6.07) is 11.7. The Morgan fingerprint density at radius 2 is 1.58 bits per heavy atom. The summed E-state index contributed by atoms with van der Waals surface area (Å²) in [5.74, 6) is -1.55. The van der Waals surface area contributed by atoms with E-state index in [4.69, 9.17) is 11.5 Å². The highest BCUT2D eigenvalue weighted by Crippen LogP contribution is 2.31. The molecule has 0 aliphatic carbocycles. The van der Waals surface area contributed by atoms with Gasteiger partial charge in [-0.15, -0.1) is 0 Å². The molecular weight excluding hydrogens is 420 g/mol. The summed E-state index contributed by atoms with van der Waals surface area (Å²) >= 11 is 0. The highest BCUT2D eigenvalue weighted by atomic mass is 16.3. The van der Waals surface area contributed by atoms with Gasteiger partial charge in [0.2, 0.25) is 17.7 Å². The Morgan fingerprint density at radius 3 is 2.15 bits per heavy atom. The second-order valence-corrected chi connectivity index (χ2v) is 9.30. The van der Waals surface area contributed by atoms with Gasteiger partial charge in [-0.25, -0.2) is 0 Å². The van der Waals surface area contributed by atoms with Gasteiger partial charge < -0.3 is 27.2 Å². The van der Waals surface area contributed by atoms with Gasteiger partial charge in [-0.2, -0.15) is 0 Å². The topological polar surface area (TPSA) is 148 Å². The minimum atomic E-state index is -0.979. The molecule has 8 heteroatoms. The molecule has 2 rings (SSSR count). The maximum Gasteiger partial charge on any atom is 0.242 e. The molecule has 0 saturated carbocycles. The van der Waals surface area contributed by atoms with Crippen LogP contribution in [-0.2, 0) is 32.6 Å². The van der Waals surface area contributed by atoms with Crippen molar-refractivity contribution in [3.05, 3.63) is 65.2 Å². The van der Waals surface area contributed by atoms with Crippen LogP contribution >= 0.6 is 0 Å². The molecule has 0 aliphatic rings. The molecule has 2 aromatic rings. The average Bonchev–Trinajstić information content (AvgIpc) is 2.74. The monoisotopic (exact) mass is 454 g/mol. The summed E-state index contributed by atoms with van der Waals surface area (Å²) in [5, 5.41) is 15.3. The third-order valence-corrected chi connectivity index (χ3v) is 5.36. The smallest absolute Gasteiger partial charge is 0.242 e. The number of aromatic hydroxyl groups is 1. The van der Waals surface area contributed by atoms with E-state index in [2.05, 4.69) is 10.6 Å². The lowest BCUT2D eigenvalue weighted by Crippen LogP contribution is -2.55. The molecule has 0 aliphatic heterocycles. The van der Waals surface area contributed by atoms with Crippen LogP contribution < -0.4 is 22.1 Å². The number of benzene rings is 2. The van der Waals surface area contributed by atoms with Gasteiger partial charge in [0, 0.05) is 6.42 Å². The maximum absolute atomic E-state index is 12.6. The van der Waals surface area contributed by atoms with Crippen LogP contribution in [0.4, 0.5) is 0 Å². The van der Waals surface area contributed by atoms with Crippen molar-refractivity contribution in [1.82, 2.24) is 10.6 Å². The fraction of sp³-hybridized carbons (Fsp3) is 0.400. The number of amides is 3. The van der Waals surface area contributed by atoms with Gasteiger partial charge in [0.25, 0.3) is 0 Å². The zero-order chi connectivity index (χ0) is 24.8. The molecule has 2 aromatic carbocycles. The van der Waals surface area contributed by atoms with Gasteiger partial charge in [0.15, 0.2) is 0 Å². The van der Waals surface area contributed by atoms with E-state index in [0.29, 0.717) is 6.42 Å². The Bertz CT molecular complexity index is 986. The third kappa shape index (κ3) is 7.61. The first-order valence-electron chi connectivity index (χ1n) is 10.9. The van der Waals surface area contributed by atoms with Crippen LogP contribution in [0, 0.1) is 0 Å². The zero-order valence-electron chi connectivity index (χ0n) is 19.6. The van der Waals surface area contributed by atoms with Gasteiger partial charge in [-0.05, 0) is 41.5 Å². The number of nitrogens with two attached hydrogens (primary N) is 2. The summed E-state index contributed by atoms with van der Waals surface area (Å²) in [5.41, 5.74) is 13.6. The van der Waals surface area contributed by atoms with Gasteiger partial charge in [-0.3, -0.25) is 14.4 Å².